The maximum absolute atomic E-state index is 5.77. The summed E-state index contributed by atoms with van der Waals surface area (Å²) in [4.78, 5) is 0. The lowest BCUT2D eigenvalue weighted by molar-refractivity contribution is 0.0740. The Labute approximate surface area is 101 Å². The third kappa shape index (κ3) is 5.18. The average Bonchev–Trinajstić information content (AvgIpc) is 2.16. The van der Waals surface area contributed by atoms with Gasteiger partial charge in [0.1, 0.15) is 11.2 Å². The van der Waals surface area contributed by atoms with Crippen molar-refractivity contribution in [1.29, 1.82) is 0 Å². The molecule has 0 heterocycles. The zero-order chi connectivity index (χ0) is 13.0. The standard InChI is InChI=1S/C13H20O2Si/c1-9-12(5,6)14-16(11(3)4)15-13(7,8)10-2/h1-2,16H,3H2,4-8H3. The summed E-state index contributed by atoms with van der Waals surface area (Å²) in [5.41, 5.74) is -1.30. The lowest BCUT2D eigenvalue weighted by atomic mass is 10.2. The average molecular weight is 236 g/mol. The third-order valence-corrected chi connectivity index (χ3v) is 4.31. The van der Waals surface area contributed by atoms with Gasteiger partial charge in [-0.1, -0.05) is 18.4 Å². The van der Waals surface area contributed by atoms with Gasteiger partial charge in [0, 0.05) is 0 Å². The van der Waals surface area contributed by atoms with E-state index in [4.69, 9.17) is 21.7 Å². The Balaban J connectivity index is 4.75. The molecular formula is C13H20O2Si. The molecule has 0 amide bonds. The molecule has 3 heteroatoms. The molecule has 0 atom stereocenters. The van der Waals surface area contributed by atoms with Gasteiger partial charge in [-0.25, -0.2) is 0 Å². The summed E-state index contributed by atoms with van der Waals surface area (Å²) in [5, 5.41) is 0.867. The van der Waals surface area contributed by atoms with E-state index in [-0.39, 0.29) is 0 Å². The Morgan fingerprint density at radius 2 is 1.38 bits per heavy atom. The highest BCUT2D eigenvalue weighted by molar-refractivity contribution is 6.53. The van der Waals surface area contributed by atoms with Crippen LogP contribution in [0.2, 0.25) is 0 Å². The van der Waals surface area contributed by atoms with Crippen LogP contribution in [-0.2, 0) is 8.85 Å². The van der Waals surface area contributed by atoms with Gasteiger partial charge in [0.15, 0.2) is 0 Å². The van der Waals surface area contributed by atoms with E-state index in [9.17, 15) is 0 Å². The van der Waals surface area contributed by atoms with Crippen LogP contribution < -0.4 is 0 Å². The molecule has 0 aromatic heterocycles. The molecule has 0 unspecified atom stereocenters. The fraction of sp³-hybridized carbons (Fsp3) is 0.538. The van der Waals surface area contributed by atoms with Crippen LogP contribution in [0.1, 0.15) is 34.6 Å². The van der Waals surface area contributed by atoms with Crippen molar-refractivity contribution in [2.75, 3.05) is 0 Å². The van der Waals surface area contributed by atoms with Crippen LogP contribution in [0.5, 0.6) is 0 Å². The summed E-state index contributed by atoms with van der Waals surface area (Å²) in [7, 11) is -2.07. The van der Waals surface area contributed by atoms with Gasteiger partial charge in [-0.2, -0.15) is 0 Å². The molecule has 88 valence electrons. The number of allylic oxidation sites excluding steroid dienone is 1. The highest BCUT2D eigenvalue weighted by Gasteiger charge is 2.29. The topological polar surface area (TPSA) is 18.5 Å². The highest BCUT2D eigenvalue weighted by atomic mass is 28.3. The van der Waals surface area contributed by atoms with E-state index in [2.05, 4.69) is 18.4 Å². The van der Waals surface area contributed by atoms with E-state index >= 15 is 0 Å². The van der Waals surface area contributed by atoms with Crippen LogP contribution >= 0.6 is 0 Å². The smallest absolute Gasteiger partial charge is 0.353 e. The van der Waals surface area contributed by atoms with Gasteiger partial charge in [-0.15, -0.1) is 12.8 Å². The molecule has 0 aromatic rings. The molecular weight excluding hydrogens is 216 g/mol. The van der Waals surface area contributed by atoms with Gasteiger partial charge in [-0.05, 0) is 39.8 Å². The number of rotatable bonds is 5. The number of hydrogen-bond acceptors (Lipinski definition) is 2. The summed E-state index contributed by atoms with van der Waals surface area (Å²) in [6.07, 6.45) is 10.7. The van der Waals surface area contributed by atoms with Crippen molar-refractivity contribution in [3.63, 3.8) is 0 Å². The van der Waals surface area contributed by atoms with Gasteiger partial charge in [0.05, 0.1) is 0 Å². The molecule has 0 aliphatic rings. The minimum absolute atomic E-state index is 0.652. The molecule has 0 radical (unpaired) electrons. The lowest BCUT2D eigenvalue weighted by Gasteiger charge is -2.30. The second-order valence-electron chi connectivity index (χ2n) is 4.72. The Kier molecular flexibility index (Phi) is 5.03. The highest BCUT2D eigenvalue weighted by Crippen LogP contribution is 2.18. The molecule has 0 aliphatic heterocycles. The molecule has 0 rings (SSSR count). The van der Waals surface area contributed by atoms with Crippen LogP contribution in [0, 0.1) is 24.7 Å². The van der Waals surface area contributed by atoms with Crippen molar-refractivity contribution < 1.29 is 8.85 Å². The van der Waals surface area contributed by atoms with Crippen molar-refractivity contribution >= 4 is 9.28 Å². The minimum atomic E-state index is -2.07. The summed E-state index contributed by atoms with van der Waals surface area (Å²) in [6, 6.07) is 0. The second-order valence-corrected chi connectivity index (χ2v) is 6.84. The predicted octanol–water partition coefficient (Wildman–Crippen LogP) is 2.18. The Hall–Kier alpha value is -1.00. The lowest BCUT2D eigenvalue weighted by Crippen LogP contribution is -2.41. The first-order valence-electron chi connectivity index (χ1n) is 5.10. The molecule has 0 aliphatic carbocycles. The molecule has 0 aromatic carbocycles. The van der Waals surface area contributed by atoms with Crippen molar-refractivity contribution in [1.82, 2.24) is 0 Å². The van der Waals surface area contributed by atoms with Crippen LogP contribution in [0.15, 0.2) is 11.8 Å². The van der Waals surface area contributed by atoms with Crippen molar-refractivity contribution in [3.05, 3.63) is 11.8 Å². The second kappa shape index (κ2) is 5.36. The summed E-state index contributed by atoms with van der Waals surface area (Å²) in [6.45, 7) is 13.0. The summed E-state index contributed by atoms with van der Waals surface area (Å²) >= 11 is 0. The van der Waals surface area contributed by atoms with Crippen LogP contribution in [0.25, 0.3) is 0 Å². The molecule has 0 spiro atoms. The SMILES string of the molecule is C#CC(C)(C)O[SiH](OC(C)(C)C#C)C(=C)C. The van der Waals surface area contributed by atoms with E-state index in [1.165, 1.54) is 0 Å². The third-order valence-electron chi connectivity index (χ3n) is 1.90. The number of terminal acetylenes is 2. The molecule has 0 saturated carbocycles. The van der Waals surface area contributed by atoms with E-state index in [1.807, 2.05) is 34.6 Å². The van der Waals surface area contributed by atoms with Crippen molar-refractivity contribution in [3.8, 4) is 24.7 Å². The first kappa shape index (κ1) is 15.0. The summed E-state index contributed by atoms with van der Waals surface area (Å²) in [5.74, 6) is 5.14. The molecule has 2 nitrogen and oxygen atoms in total. The van der Waals surface area contributed by atoms with E-state index in [0.717, 1.165) is 5.20 Å². The zero-order valence-electron chi connectivity index (χ0n) is 10.8. The first-order chi connectivity index (χ1) is 7.13. The van der Waals surface area contributed by atoms with Gasteiger partial charge in [-0.3, -0.25) is 0 Å². The fourth-order valence-electron chi connectivity index (χ4n) is 0.828. The van der Waals surface area contributed by atoms with E-state index in [1.54, 1.807) is 0 Å². The van der Waals surface area contributed by atoms with Crippen LogP contribution in [-0.4, -0.2) is 20.5 Å². The van der Waals surface area contributed by atoms with Crippen molar-refractivity contribution in [2.45, 2.75) is 45.8 Å². The van der Waals surface area contributed by atoms with Crippen molar-refractivity contribution in [2.24, 2.45) is 0 Å². The summed E-state index contributed by atoms with van der Waals surface area (Å²) < 4.78 is 11.5. The Morgan fingerprint density at radius 1 is 1.06 bits per heavy atom. The number of hydrogen-bond donors (Lipinski definition) is 0. The minimum Gasteiger partial charge on any atom is -0.377 e. The maximum Gasteiger partial charge on any atom is 0.353 e. The van der Waals surface area contributed by atoms with E-state index in [0.29, 0.717) is 0 Å². The molecule has 0 fully saturated rings. The van der Waals surface area contributed by atoms with Gasteiger partial charge in [0.25, 0.3) is 0 Å². The quantitative estimate of drug-likeness (QED) is 0.538. The monoisotopic (exact) mass is 236 g/mol. The van der Waals surface area contributed by atoms with Crippen LogP contribution in [0.3, 0.4) is 0 Å². The Morgan fingerprint density at radius 3 is 1.56 bits per heavy atom. The normalized spacial score (nSPS) is 12.0. The zero-order valence-corrected chi connectivity index (χ0v) is 11.9. The molecule has 0 bridgehead atoms. The maximum atomic E-state index is 5.77. The Bertz CT molecular complexity index is 314. The van der Waals surface area contributed by atoms with Gasteiger partial charge >= 0.3 is 9.28 Å². The largest absolute Gasteiger partial charge is 0.377 e. The molecule has 0 N–H and O–H groups in total. The first-order valence-corrected chi connectivity index (χ1v) is 6.62. The molecule has 16 heavy (non-hydrogen) atoms. The predicted molar refractivity (Wildman–Crippen MR) is 70.0 cm³/mol. The van der Waals surface area contributed by atoms with Gasteiger partial charge in [0.2, 0.25) is 0 Å². The van der Waals surface area contributed by atoms with Gasteiger partial charge < -0.3 is 8.85 Å². The fourth-order valence-corrected chi connectivity index (χ4v) is 2.49. The van der Waals surface area contributed by atoms with Crippen LogP contribution in [0.4, 0.5) is 0 Å². The molecule has 0 saturated heterocycles. The van der Waals surface area contributed by atoms with E-state index < -0.39 is 20.5 Å².